The van der Waals surface area contributed by atoms with E-state index in [4.69, 9.17) is 9.47 Å². The van der Waals surface area contributed by atoms with Gasteiger partial charge in [0.1, 0.15) is 23.0 Å². The number of carbonyl (C=O) groups excluding carboxylic acids is 1. The first-order chi connectivity index (χ1) is 15.4. The van der Waals surface area contributed by atoms with E-state index in [1.807, 2.05) is 32.1 Å². The second-order valence-corrected chi connectivity index (χ2v) is 8.58. The smallest absolute Gasteiger partial charge is 0.260 e. The van der Waals surface area contributed by atoms with E-state index < -0.39 is 11.4 Å². The molecule has 7 nitrogen and oxygen atoms in total. The van der Waals surface area contributed by atoms with Crippen LogP contribution in [0, 0.1) is 5.82 Å². The largest absolute Gasteiger partial charge is 0.482 e. The number of fused-ring (bicyclic) bond motifs is 1. The number of pyridine rings is 1. The van der Waals surface area contributed by atoms with Gasteiger partial charge in [0.25, 0.3) is 5.91 Å². The van der Waals surface area contributed by atoms with Gasteiger partial charge in [-0.05, 0) is 55.8 Å². The molecule has 3 aliphatic heterocycles. The quantitative estimate of drug-likeness (QED) is 0.719. The molecule has 1 saturated heterocycles. The molecule has 2 aromatic rings. The Morgan fingerprint density at radius 3 is 2.97 bits per heavy atom. The van der Waals surface area contributed by atoms with Crippen LogP contribution in [0.4, 0.5) is 15.9 Å². The summed E-state index contributed by atoms with van der Waals surface area (Å²) in [6.07, 6.45) is 3.39. The number of aromatic nitrogens is 1. The fourth-order valence-electron chi connectivity index (χ4n) is 4.40. The molecule has 0 radical (unpaired) electrons. The summed E-state index contributed by atoms with van der Waals surface area (Å²) in [4.78, 5) is 19.2. The second-order valence-electron chi connectivity index (χ2n) is 8.58. The lowest BCUT2D eigenvalue weighted by Gasteiger charge is -2.33. The minimum Gasteiger partial charge on any atom is -0.482 e. The number of aliphatic hydroxyl groups is 1. The third-order valence-electron chi connectivity index (χ3n) is 5.98. The number of hydrogen-bond acceptors (Lipinski definition) is 6. The van der Waals surface area contributed by atoms with E-state index in [9.17, 15) is 14.3 Å². The summed E-state index contributed by atoms with van der Waals surface area (Å²) in [7, 11) is 0. The van der Waals surface area contributed by atoms with E-state index in [1.165, 1.54) is 12.1 Å². The van der Waals surface area contributed by atoms with Gasteiger partial charge < -0.3 is 24.8 Å². The van der Waals surface area contributed by atoms with Gasteiger partial charge in [0.15, 0.2) is 0 Å². The van der Waals surface area contributed by atoms with Gasteiger partial charge in [-0.2, -0.15) is 0 Å². The van der Waals surface area contributed by atoms with Gasteiger partial charge in [-0.15, -0.1) is 0 Å². The zero-order valence-corrected chi connectivity index (χ0v) is 17.9. The molecule has 0 saturated carbocycles. The number of benzene rings is 1. The fourth-order valence-corrected chi connectivity index (χ4v) is 4.40. The highest BCUT2D eigenvalue weighted by Crippen LogP contribution is 2.44. The van der Waals surface area contributed by atoms with Crippen LogP contribution in [0.1, 0.15) is 25.0 Å². The lowest BCUT2D eigenvalue weighted by atomic mass is 9.92. The Morgan fingerprint density at radius 1 is 1.31 bits per heavy atom. The van der Waals surface area contributed by atoms with Crippen LogP contribution in [0.5, 0.6) is 0 Å². The van der Waals surface area contributed by atoms with Gasteiger partial charge in [-0.25, -0.2) is 9.37 Å². The van der Waals surface area contributed by atoms with Crippen molar-refractivity contribution in [3.05, 3.63) is 65.3 Å². The molecule has 1 atom stereocenters. The predicted molar refractivity (Wildman–Crippen MR) is 118 cm³/mol. The highest BCUT2D eigenvalue weighted by Gasteiger charge is 2.38. The Kier molecular flexibility index (Phi) is 4.98. The third-order valence-corrected chi connectivity index (χ3v) is 5.98. The Labute approximate surface area is 185 Å². The molecule has 32 heavy (non-hydrogen) atoms. The van der Waals surface area contributed by atoms with Crippen molar-refractivity contribution in [1.82, 2.24) is 4.98 Å². The zero-order chi connectivity index (χ0) is 22.5. The molecule has 2 N–H and O–H groups in total. The van der Waals surface area contributed by atoms with Crippen molar-refractivity contribution >= 4 is 28.6 Å². The molecule has 5 rings (SSSR count). The van der Waals surface area contributed by atoms with Crippen LogP contribution in [0.15, 0.2) is 48.4 Å². The number of nitrogens with one attached hydrogen (secondary N) is 1. The zero-order valence-electron chi connectivity index (χ0n) is 17.9. The Bertz CT molecular complexity index is 1160. The van der Waals surface area contributed by atoms with E-state index in [0.717, 1.165) is 17.0 Å². The van der Waals surface area contributed by atoms with Crippen LogP contribution in [-0.4, -0.2) is 54.0 Å². The average molecular weight is 437 g/mol. The Hall–Kier alpha value is -3.23. The standard InChI is InChI=1S/C24H24FN3O4/c1-24(2)18(14-5-6-26-21(9-14)28-7-8-31-16(12-28)13-29)11-20(32-24)22-17-4-3-15(25)10-19(17)27-23(22)30/h3-6,9-11,16,29H,7-8,12-13H2,1-2H3,(H,27,30). The highest BCUT2D eigenvalue weighted by molar-refractivity contribution is 6.32. The van der Waals surface area contributed by atoms with E-state index in [-0.39, 0.29) is 18.6 Å². The highest BCUT2D eigenvalue weighted by atomic mass is 19.1. The average Bonchev–Trinajstić information content (AvgIpc) is 3.27. The van der Waals surface area contributed by atoms with Crippen LogP contribution in [0.2, 0.25) is 0 Å². The van der Waals surface area contributed by atoms with E-state index >= 15 is 0 Å². The summed E-state index contributed by atoms with van der Waals surface area (Å²) in [5.41, 5.74) is 2.63. The van der Waals surface area contributed by atoms with Crippen molar-refractivity contribution in [2.75, 3.05) is 36.5 Å². The lowest BCUT2D eigenvalue weighted by Crippen LogP contribution is -2.44. The summed E-state index contributed by atoms with van der Waals surface area (Å²) >= 11 is 0. The van der Waals surface area contributed by atoms with Gasteiger partial charge in [0.05, 0.1) is 30.6 Å². The van der Waals surface area contributed by atoms with Crippen molar-refractivity contribution in [3.8, 4) is 0 Å². The minimum absolute atomic E-state index is 0.0351. The summed E-state index contributed by atoms with van der Waals surface area (Å²) < 4.78 is 25.4. The maximum Gasteiger partial charge on any atom is 0.260 e. The minimum atomic E-state index is -0.678. The van der Waals surface area contributed by atoms with Gasteiger partial charge in [-0.3, -0.25) is 4.79 Å². The Morgan fingerprint density at radius 2 is 2.16 bits per heavy atom. The van der Waals surface area contributed by atoms with Crippen LogP contribution in [-0.2, 0) is 14.3 Å². The topological polar surface area (TPSA) is 83.9 Å². The van der Waals surface area contributed by atoms with Crippen LogP contribution in [0.3, 0.4) is 0 Å². The molecule has 1 fully saturated rings. The molecule has 3 aliphatic rings. The molecule has 0 aliphatic carbocycles. The van der Waals surface area contributed by atoms with E-state index in [1.54, 1.807) is 12.3 Å². The number of halogens is 1. The molecule has 1 unspecified atom stereocenters. The number of morpholine rings is 1. The van der Waals surface area contributed by atoms with Crippen molar-refractivity contribution in [2.24, 2.45) is 0 Å². The summed E-state index contributed by atoms with van der Waals surface area (Å²) in [6, 6.07) is 8.14. The number of hydrogen-bond donors (Lipinski definition) is 2. The van der Waals surface area contributed by atoms with Crippen LogP contribution < -0.4 is 10.2 Å². The molecular weight excluding hydrogens is 413 g/mol. The molecule has 8 heteroatoms. The van der Waals surface area contributed by atoms with Crippen molar-refractivity contribution in [3.63, 3.8) is 0 Å². The molecule has 0 bridgehead atoms. The number of anilines is 2. The fraction of sp³-hybridized carbons (Fsp3) is 0.333. The number of carbonyl (C=O) groups is 1. The van der Waals surface area contributed by atoms with Gasteiger partial charge in [-0.1, -0.05) is 0 Å². The van der Waals surface area contributed by atoms with E-state index in [2.05, 4.69) is 15.2 Å². The third kappa shape index (κ3) is 3.55. The molecule has 1 amide bonds. The van der Waals surface area contributed by atoms with Gasteiger partial charge in [0, 0.05) is 30.4 Å². The molecule has 0 spiro atoms. The molecule has 166 valence electrons. The molecule has 1 aromatic heterocycles. The van der Waals surface area contributed by atoms with Gasteiger partial charge in [0.2, 0.25) is 0 Å². The normalized spacial score (nSPS) is 24.1. The van der Waals surface area contributed by atoms with E-state index in [0.29, 0.717) is 42.3 Å². The van der Waals surface area contributed by atoms with Crippen LogP contribution >= 0.6 is 0 Å². The van der Waals surface area contributed by atoms with Gasteiger partial charge >= 0.3 is 0 Å². The van der Waals surface area contributed by atoms with Crippen molar-refractivity contribution in [2.45, 2.75) is 25.6 Å². The second kappa shape index (κ2) is 7.72. The number of allylic oxidation sites excluding steroid dienone is 1. The lowest BCUT2D eigenvalue weighted by molar-refractivity contribution is -0.111. The molecule has 4 heterocycles. The first-order valence-corrected chi connectivity index (χ1v) is 10.6. The maximum atomic E-state index is 13.6. The summed E-state index contributed by atoms with van der Waals surface area (Å²) in [5.74, 6) is 0.530. The summed E-state index contributed by atoms with van der Waals surface area (Å²) in [5, 5.41) is 12.1. The van der Waals surface area contributed by atoms with Crippen molar-refractivity contribution in [1.29, 1.82) is 0 Å². The first kappa shape index (κ1) is 20.7. The SMILES string of the molecule is CC1(C)OC(=C2C(=O)Nc3cc(F)ccc32)C=C1c1ccnc(N2CCOC(CO)C2)c1. The number of nitrogens with zero attached hydrogens (tertiary/aromatic N) is 2. The summed E-state index contributed by atoms with van der Waals surface area (Å²) in [6.45, 7) is 5.64. The first-order valence-electron chi connectivity index (χ1n) is 10.6. The number of ether oxygens (including phenoxy) is 2. The number of amides is 1. The number of rotatable bonds is 3. The molecule has 1 aromatic carbocycles. The monoisotopic (exact) mass is 437 g/mol. The number of aliphatic hydroxyl groups excluding tert-OH is 1. The predicted octanol–water partition coefficient (Wildman–Crippen LogP) is 2.97. The van der Waals surface area contributed by atoms with Crippen LogP contribution in [0.25, 0.3) is 11.1 Å². The Balaban J connectivity index is 1.53. The molecular formula is C24H24FN3O4. The van der Waals surface area contributed by atoms with Crippen molar-refractivity contribution < 1.29 is 23.8 Å². The maximum absolute atomic E-state index is 13.6.